The molecule has 2 atom stereocenters. The first-order chi connectivity index (χ1) is 16.0. The van der Waals surface area contributed by atoms with E-state index >= 15 is 0 Å². The van der Waals surface area contributed by atoms with Crippen LogP contribution in [-0.2, 0) is 14.8 Å². The molecular weight excluding hydrogens is 458 g/mol. The molecule has 34 heavy (non-hydrogen) atoms. The van der Waals surface area contributed by atoms with Crippen molar-refractivity contribution in [3.63, 3.8) is 0 Å². The lowest BCUT2D eigenvalue weighted by atomic mass is 9.83. The maximum Gasteiger partial charge on any atom is 0.271 e. The summed E-state index contributed by atoms with van der Waals surface area (Å²) < 4.78 is 32.8. The highest BCUT2D eigenvalue weighted by molar-refractivity contribution is 7.92. The van der Waals surface area contributed by atoms with Gasteiger partial charge in [0, 0.05) is 24.1 Å². The van der Waals surface area contributed by atoms with E-state index in [0.717, 1.165) is 29.0 Å². The second-order valence-electron chi connectivity index (χ2n) is 8.56. The molecule has 0 fully saturated rings. The Labute approximate surface area is 200 Å². The van der Waals surface area contributed by atoms with Crippen molar-refractivity contribution in [2.75, 3.05) is 10.6 Å². The topological polar surface area (TPSA) is 119 Å². The predicted molar refractivity (Wildman–Crippen MR) is 130 cm³/mol. The number of carbonyl (C=O) groups is 1. The zero-order valence-electron chi connectivity index (χ0n) is 19.9. The van der Waals surface area contributed by atoms with Crippen LogP contribution in [-0.4, -0.2) is 37.1 Å². The number of nitrogens with zero attached hydrogens (tertiary/aromatic N) is 2. The summed E-state index contributed by atoms with van der Waals surface area (Å²) in [6.45, 7) is 5.79. The van der Waals surface area contributed by atoms with Crippen molar-refractivity contribution in [3.8, 4) is 5.75 Å². The number of benzene rings is 2. The van der Waals surface area contributed by atoms with Crippen molar-refractivity contribution < 1.29 is 22.9 Å². The lowest BCUT2D eigenvalue weighted by Gasteiger charge is -2.42. The third-order valence-corrected chi connectivity index (χ3v) is 7.61. The molecule has 0 saturated heterocycles. The van der Waals surface area contributed by atoms with Gasteiger partial charge in [0.05, 0.1) is 22.9 Å². The van der Waals surface area contributed by atoms with E-state index in [-0.39, 0.29) is 23.8 Å². The number of hydrogen-bond donors (Lipinski definition) is 1. The lowest BCUT2D eigenvalue weighted by molar-refractivity contribution is -0.384. The van der Waals surface area contributed by atoms with Gasteiger partial charge in [-0.1, -0.05) is 45.0 Å². The van der Waals surface area contributed by atoms with Crippen LogP contribution in [0.1, 0.15) is 58.1 Å². The maximum absolute atomic E-state index is 13.5. The zero-order chi connectivity index (χ0) is 25.1. The third-order valence-electron chi connectivity index (χ3n) is 6.43. The number of carbonyl (C=O) groups excluding carboxylic acids is 1. The number of rotatable bonds is 9. The molecule has 0 bridgehead atoms. The van der Waals surface area contributed by atoms with Crippen LogP contribution in [0.5, 0.6) is 5.75 Å². The number of nitro benzene ring substituents is 1. The Hall–Kier alpha value is -3.14. The fourth-order valence-electron chi connectivity index (χ4n) is 4.50. The summed E-state index contributed by atoms with van der Waals surface area (Å²) in [6.07, 6.45) is 3.23. The second kappa shape index (κ2) is 10.0. The summed E-state index contributed by atoms with van der Waals surface area (Å²) in [7, 11) is -3.93. The molecule has 0 spiro atoms. The summed E-state index contributed by atoms with van der Waals surface area (Å²) in [4.78, 5) is 24.2. The molecule has 0 aliphatic carbocycles. The fraction of sp³-hybridized carbons (Fsp3) is 0.458. The number of ether oxygens (including phenoxy) is 1. The predicted octanol–water partition coefficient (Wildman–Crippen LogP) is 4.34. The summed E-state index contributed by atoms with van der Waals surface area (Å²) in [6, 6.07) is 11.4. The van der Waals surface area contributed by atoms with E-state index in [1.165, 1.54) is 24.3 Å². The smallest absolute Gasteiger partial charge is 0.271 e. The largest absolute Gasteiger partial charge is 0.487 e. The van der Waals surface area contributed by atoms with Gasteiger partial charge >= 0.3 is 0 Å². The summed E-state index contributed by atoms with van der Waals surface area (Å²) in [5.41, 5.74) is 0.215. The first-order valence-electron chi connectivity index (χ1n) is 11.4. The Balaban J connectivity index is 1.98. The molecule has 1 heterocycles. The molecule has 2 aromatic rings. The minimum atomic E-state index is -3.93. The van der Waals surface area contributed by atoms with Crippen LogP contribution in [0.15, 0.2) is 48.5 Å². The zero-order valence-corrected chi connectivity index (χ0v) is 20.7. The number of nitro groups is 1. The minimum absolute atomic E-state index is 0.0718. The molecule has 3 rings (SSSR count). The van der Waals surface area contributed by atoms with Gasteiger partial charge in [-0.15, -0.1) is 0 Å². The van der Waals surface area contributed by atoms with Crippen LogP contribution >= 0.6 is 0 Å². The van der Waals surface area contributed by atoms with Crippen molar-refractivity contribution in [2.45, 2.75) is 64.1 Å². The van der Waals surface area contributed by atoms with E-state index in [0.29, 0.717) is 12.2 Å². The first-order valence-corrected chi connectivity index (χ1v) is 13.2. The molecule has 1 N–H and O–H groups in total. The number of nitrogens with one attached hydrogen (secondary N) is 1. The van der Waals surface area contributed by atoms with Gasteiger partial charge in [0.15, 0.2) is 0 Å². The van der Waals surface area contributed by atoms with Crippen LogP contribution in [0.3, 0.4) is 0 Å². The minimum Gasteiger partial charge on any atom is -0.487 e. The van der Waals surface area contributed by atoms with Gasteiger partial charge in [0.2, 0.25) is 15.9 Å². The Kier molecular flexibility index (Phi) is 7.50. The van der Waals surface area contributed by atoms with Gasteiger partial charge in [-0.3, -0.25) is 19.2 Å². The normalized spacial score (nSPS) is 17.7. The van der Waals surface area contributed by atoms with Crippen LogP contribution < -0.4 is 14.4 Å². The average molecular weight is 490 g/mol. The number of non-ortho nitro benzene ring substituents is 1. The third kappa shape index (κ3) is 5.16. The van der Waals surface area contributed by atoms with Crippen molar-refractivity contribution in [3.05, 3.63) is 64.2 Å². The number of fused-ring (bicyclic) bond motifs is 1. The van der Waals surface area contributed by atoms with Gasteiger partial charge in [0.1, 0.15) is 17.4 Å². The molecule has 0 saturated carbocycles. The molecule has 0 radical (unpaired) electrons. The molecule has 0 aromatic heterocycles. The maximum atomic E-state index is 13.5. The number of hydrogen-bond acceptors (Lipinski definition) is 6. The number of anilines is 1. The highest BCUT2D eigenvalue weighted by Gasteiger charge is 2.40. The molecule has 1 aliphatic rings. The Morgan fingerprint density at radius 1 is 1.21 bits per heavy atom. The molecule has 2 aromatic carbocycles. The van der Waals surface area contributed by atoms with Crippen molar-refractivity contribution in [2.24, 2.45) is 0 Å². The van der Waals surface area contributed by atoms with Crippen LogP contribution in [0.25, 0.3) is 0 Å². The molecule has 184 valence electrons. The van der Waals surface area contributed by atoms with E-state index in [4.69, 9.17) is 4.74 Å². The SMILES string of the molecule is CC[C@@H](C(=O)N[C@H]1CC(CC)(CC)Oc2ccccc21)N(c1cccc([N+](=O)[O-])c1)S(C)(=O)=O. The molecule has 10 heteroatoms. The van der Waals surface area contributed by atoms with Gasteiger partial charge in [-0.05, 0) is 31.4 Å². The highest BCUT2D eigenvalue weighted by atomic mass is 32.2. The molecule has 0 unspecified atom stereocenters. The first kappa shape index (κ1) is 25.5. The fourth-order valence-corrected chi connectivity index (χ4v) is 5.71. The summed E-state index contributed by atoms with van der Waals surface area (Å²) in [5.74, 6) is 0.233. The standard InChI is InChI=1S/C24H31N3O6S/c1-5-21(26(34(4,31)32)17-11-10-12-18(15-17)27(29)30)23(28)25-20-16-24(6-2,7-3)33-22-14-9-8-13-19(20)22/h8-15,20-21H,5-7,16H2,1-4H3,(H,25,28)/t20-,21-/m0/s1. The second-order valence-corrected chi connectivity index (χ2v) is 10.4. The van der Waals surface area contributed by atoms with E-state index < -0.39 is 32.5 Å². The summed E-state index contributed by atoms with van der Waals surface area (Å²) in [5, 5.41) is 14.3. The Bertz CT molecular complexity index is 1160. The number of amides is 1. The van der Waals surface area contributed by atoms with Crippen LogP contribution in [0.4, 0.5) is 11.4 Å². The molecule has 1 aliphatic heterocycles. The van der Waals surface area contributed by atoms with Crippen LogP contribution in [0.2, 0.25) is 0 Å². The molecular formula is C24H31N3O6S. The van der Waals surface area contributed by atoms with Gasteiger partial charge in [-0.25, -0.2) is 8.42 Å². The number of para-hydroxylation sites is 1. The van der Waals surface area contributed by atoms with Crippen molar-refractivity contribution in [1.82, 2.24) is 5.32 Å². The van der Waals surface area contributed by atoms with Gasteiger partial charge in [0.25, 0.3) is 5.69 Å². The van der Waals surface area contributed by atoms with Crippen molar-refractivity contribution in [1.29, 1.82) is 0 Å². The Morgan fingerprint density at radius 2 is 1.88 bits per heavy atom. The summed E-state index contributed by atoms with van der Waals surface area (Å²) >= 11 is 0. The monoisotopic (exact) mass is 489 g/mol. The Morgan fingerprint density at radius 3 is 2.47 bits per heavy atom. The molecule has 9 nitrogen and oxygen atoms in total. The molecule has 1 amide bonds. The van der Waals surface area contributed by atoms with Gasteiger partial charge < -0.3 is 10.1 Å². The van der Waals surface area contributed by atoms with Crippen molar-refractivity contribution >= 4 is 27.3 Å². The lowest BCUT2D eigenvalue weighted by Crippen LogP contribution is -2.52. The van der Waals surface area contributed by atoms with E-state index in [9.17, 15) is 23.3 Å². The van der Waals surface area contributed by atoms with Gasteiger partial charge in [-0.2, -0.15) is 0 Å². The number of sulfonamides is 1. The van der Waals surface area contributed by atoms with E-state index in [1.807, 2.05) is 38.1 Å². The van der Waals surface area contributed by atoms with Crippen LogP contribution in [0, 0.1) is 10.1 Å². The average Bonchev–Trinajstić information content (AvgIpc) is 2.81. The van der Waals surface area contributed by atoms with E-state index in [2.05, 4.69) is 5.32 Å². The van der Waals surface area contributed by atoms with E-state index in [1.54, 1.807) is 6.92 Å². The highest BCUT2D eigenvalue weighted by Crippen LogP contribution is 2.42. The quantitative estimate of drug-likeness (QED) is 0.413.